The minimum Gasteiger partial charge on any atom is -0.470 e. The quantitative estimate of drug-likeness (QED) is 0.587. The number of fused-ring (bicyclic) bond motifs is 3. The van der Waals surface area contributed by atoms with E-state index in [1.54, 1.807) is 31.3 Å². The molecule has 0 saturated carbocycles. The largest absolute Gasteiger partial charge is 0.470 e. The number of aryl methyl sites for hydroxylation is 1. The van der Waals surface area contributed by atoms with E-state index in [4.69, 9.17) is 4.74 Å². The van der Waals surface area contributed by atoms with Crippen molar-refractivity contribution in [1.29, 1.82) is 0 Å². The van der Waals surface area contributed by atoms with Crippen LogP contribution >= 0.6 is 0 Å². The normalized spacial score (nSPS) is 22.5. The number of hydrogen-bond donors (Lipinski definition) is 0. The van der Waals surface area contributed by atoms with Gasteiger partial charge in [-0.05, 0) is 24.6 Å². The first-order valence-electron chi connectivity index (χ1n) is 10.8. The van der Waals surface area contributed by atoms with Gasteiger partial charge in [0, 0.05) is 39.0 Å². The minimum atomic E-state index is -3.76. The number of benzene rings is 2. The lowest BCUT2D eigenvalue weighted by Crippen LogP contribution is -2.44. The van der Waals surface area contributed by atoms with Crippen LogP contribution in [0.2, 0.25) is 0 Å². The third kappa shape index (κ3) is 3.34. The Morgan fingerprint density at radius 2 is 1.58 bits per heavy atom. The molecule has 2 aliphatic heterocycles. The Morgan fingerprint density at radius 3 is 2.24 bits per heavy atom. The Kier molecular flexibility index (Phi) is 5.06. The highest BCUT2D eigenvalue weighted by molar-refractivity contribution is 7.89. The van der Waals surface area contributed by atoms with E-state index in [1.807, 2.05) is 37.3 Å². The molecule has 3 heterocycles. The van der Waals surface area contributed by atoms with Crippen molar-refractivity contribution >= 4 is 10.0 Å². The second-order valence-electron chi connectivity index (χ2n) is 8.78. The summed E-state index contributed by atoms with van der Waals surface area (Å²) < 4.78 is 37.0. The molecule has 9 heteroatoms. The van der Waals surface area contributed by atoms with E-state index in [2.05, 4.69) is 0 Å². The number of ether oxygens (including phenoxy) is 1. The highest BCUT2D eigenvalue weighted by Gasteiger charge is 2.50. The summed E-state index contributed by atoms with van der Waals surface area (Å²) in [6.45, 7) is 2.26. The second kappa shape index (κ2) is 7.71. The zero-order valence-electron chi connectivity index (χ0n) is 18.6. The molecule has 1 aromatic heterocycles. The lowest BCUT2D eigenvalue weighted by Gasteiger charge is -2.35. The molecule has 172 valence electrons. The van der Waals surface area contributed by atoms with Gasteiger partial charge in [-0.15, -0.1) is 0 Å². The van der Waals surface area contributed by atoms with Gasteiger partial charge in [0.1, 0.15) is 6.10 Å². The standard InChI is InChI=1S/C24H25N3O5S/c1-15-9-11-17(12-10-15)33(30,31)27-13-18-19(14-27)21(16-7-5-4-6-8-16)32-23-20(18)22(28)25(2)24(29)26(23)3/h4-12,18-19,21H,13-14H2,1-3H3/t18-,19+,21-/m1/s1. The summed E-state index contributed by atoms with van der Waals surface area (Å²) in [5.74, 6) is -0.456. The summed E-state index contributed by atoms with van der Waals surface area (Å²) >= 11 is 0. The van der Waals surface area contributed by atoms with Gasteiger partial charge in [-0.1, -0.05) is 48.0 Å². The highest BCUT2D eigenvalue weighted by Crippen LogP contribution is 2.49. The molecule has 3 atom stereocenters. The van der Waals surface area contributed by atoms with Crippen LogP contribution in [0.15, 0.2) is 69.1 Å². The predicted molar refractivity (Wildman–Crippen MR) is 123 cm³/mol. The van der Waals surface area contributed by atoms with Gasteiger partial charge in [-0.25, -0.2) is 13.2 Å². The number of rotatable bonds is 3. The second-order valence-corrected chi connectivity index (χ2v) is 10.7. The first kappa shape index (κ1) is 21.7. The van der Waals surface area contributed by atoms with Crippen molar-refractivity contribution in [1.82, 2.24) is 13.4 Å². The Bertz CT molecular complexity index is 1440. The Labute approximate surface area is 191 Å². The topological polar surface area (TPSA) is 90.6 Å². The van der Waals surface area contributed by atoms with E-state index >= 15 is 0 Å². The summed E-state index contributed by atoms with van der Waals surface area (Å²) in [5.41, 5.74) is 1.29. The number of aromatic nitrogens is 2. The molecule has 1 fully saturated rings. The molecule has 33 heavy (non-hydrogen) atoms. The SMILES string of the molecule is Cc1ccc(S(=O)(=O)N2C[C@@H]3[C@@H](c4ccccc4)Oc4c(c(=O)n(C)c(=O)n4C)[C@@H]3C2)cc1. The molecule has 5 rings (SSSR count). The minimum absolute atomic E-state index is 0.147. The fraction of sp³-hybridized carbons (Fsp3) is 0.333. The van der Waals surface area contributed by atoms with Crippen LogP contribution in [0.25, 0.3) is 0 Å². The molecular weight excluding hydrogens is 442 g/mol. The monoisotopic (exact) mass is 467 g/mol. The van der Waals surface area contributed by atoms with Crippen LogP contribution in [0.5, 0.6) is 5.88 Å². The molecule has 3 aromatic rings. The van der Waals surface area contributed by atoms with Crippen molar-refractivity contribution in [3.63, 3.8) is 0 Å². The molecular formula is C24H25N3O5S. The summed E-state index contributed by atoms with van der Waals surface area (Å²) in [6, 6.07) is 16.3. The van der Waals surface area contributed by atoms with Gasteiger partial charge < -0.3 is 4.74 Å². The van der Waals surface area contributed by atoms with E-state index in [1.165, 1.54) is 15.9 Å². The molecule has 0 bridgehead atoms. The third-order valence-corrected chi connectivity index (χ3v) is 8.61. The molecule has 0 aliphatic carbocycles. The van der Waals surface area contributed by atoms with Crippen molar-refractivity contribution in [2.24, 2.45) is 20.0 Å². The Morgan fingerprint density at radius 1 is 0.909 bits per heavy atom. The first-order chi connectivity index (χ1) is 15.7. The van der Waals surface area contributed by atoms with Gasteiger partial charge >= 0.3 is 5.69 Å². The average molecular weight is 468 g/mol. The van der Waals surface area contributed by atoms with Crippen molar-refractivity contribution in [3.8, 4) is 5.88 Å². The molecule has 0 radical (unpaired) electrons. The number of nitrogens with zero attached hydrogens (tertiary/aromatic N) is 3. The molecule has 2 aliphatic rings. The summed E-state index contributed by atoms with van der Waals surface area (Å²) in [5, 5.41) is 0. The van der Waals surface area contributed by atoms with Crippen molar-refractivity contribution in [3.05, 3.63) is 92.1 Å². The van der Waals surface area contributed by atoms with Crippen LogP contribution in [0.3, 0.4) is 0 Å². The molecule has 0 N–H and O–H groups in total. The van der Waals surface area contributed by atoms with Gasteiger partial charge in [0.15, 0.2) is 0 Å². The van der Waals surface area contributed by atoms with E-state index < -0.39 is 33.3 Å². The van der Waals surface area contributed by atoms with Crippen LogP contribution in [-0.2, 0) is 24.1 Å². The van der Waals surface area contributed by atoms with E-state index in [9.17, 15) is 18.0 Å². The predicted octanol–water partition coefficient (Wildman–Crippen LogP) is 1.93. The zero-order chi connectivity index (χ0) is 23.5. The van der Waals surface area contributed by atoms with Gasteiger partial charge in [0.25, 0.3) is 5.56 Å². The maximum Gasteiger partial charge on any atom is 0.333 e. The Hall–Kier alpha value is -3.17. The van der Waals surface area contributed by atoms with E-state index in [0.717, 1.165) is 15.7 Å². The van der Waals surface area contributed by atoms with Crippen LogP contribution in [0.4, 0.5) is 0 Å². The third-order valence-electron chi connectivity index (χ3n) is 6.76. The number of sulfonamides is 1. The van der Waals surface area contributed by atoms with E-state index in [-0.39, 0.29) is 29.8 Å². The Balaban J connectivity index is 1.65. The van der Waals surface area contributed by atoms with Crippen LogP contribution in [0.1, 0.15) is 28.7 Å². The molecule has 8 nitrogen and oxygen atoms in total. The maximum atomic E-state index is 13.5. The van der Waals surface area contributed by atoms with Crippen LogP contribution in [0, 0.1) is 12.8 Å². The smallest absolute Gasteiger partial charge is 0.333 e. The summed E-state index contributed by atoms with van der Waals surface area (Å²) in [6.07, 6.45) is -0.486. The van der Waals surface area contributed by atoms with Crippen molar-refractivity contribution in [2.75, 3.05) is 13.1 Å². The lowest BCUT2D eigenvalue weighted by molar-refractivity contribution is 0.0955. The van der Waals surface area contributed by atoms with Gasteiger partial charge in [-0.3, -0.25) is 13.9 Å². The van der Waals surface area contributed by atoms with Crippen LogP contribution in [-0.4, -0.2) is 34.9 Å². The molecule has 0 amide bonds. The maximum absolute atomic E-state index is 13.5. The van der Waals surface area contributed by atoms with Crippen LogP contribution < -0.4 is 16.0 Å². The average Bonchev–Trinajstić information content (AvgIpc) is 3.27. The lowest BCUT2D eigenvalue weighted by atomic mass is 9.81. The zero-order valence-corrected chi connectivity index (χ0v) is 19.5. The van der Waals surface area contributed by atoms with Crippen molar-refractivity contribution in [2.45, 2.75) is 23.8 Å². The summed E-state index contributed by atoms with van der Waals surface area (Å²) in [4.78, 5) is 25.9. The van der Waals surface area contributed by atoms with Gasteiger partial charge in [0.2, 0.25) is 15.9 Å². The number of hydrogen-bond acceptors (Lipinski definition) is 5. The first-order valence-corrected chi connectivity index (χ1v) is 12.2. The molecule has 2 aromatic carbocycles. The molecule has 0 unspecified atom stereocenters. The van der Waals surface area contributed by atoms with Gasteiger partial charge in [0.05, 0.1) is 10.5 Å². The highest BCUT2D eigenvalue weighted by atomic mass is 32.2. The fourth-order valence-electron chi connectivity index (χ4n) is 4.94. The van der Waals surface area contributed by atoms with Gasteiger partial charge in [-0.2, -0.15) is 4.31 Å². The summed E-state index contributed by atoms with van der Waals surface area (Å²) in [7, 11) is -0.765. The van der Waals surface area contributed by atoms with Crippen molar-refractivity contribution < 1.29 is 13.2 Å². The van der Waals surface area contributed by atoms with E-state index in [0.29, 0.717) is 5.56 Å². The molecule has 0 spiro atoms. The molecule has 1 saturated heterocycles. The fourth-order valence-corrected chi connectivity index (χ4v) is 6.44.